The number of hydrogen-bond acceptors (Lipinski definition) is 4. The van der Waals surface area contributed by atoms with Gasteiger partial charge >= 0.3 is 0 Å². The van der Waals surface area contributed by atoms with Gasteiger partial charge in [-0.2, -0.15) is 0 Å². The highest BCUT2D eigenvalue weighted by Gasteiger charge is 2.13. The van der Waals surface area contributed by atoms with Crippen molar-refractivity contribution in [2.24, 2.45) is 0 Å². The molecule has 0 aromatic heterocycles. The first-order valence-electron chi connectivity index (χ1n) is 5.77. The van der Waals surface area contributed by atoms with Crippen molar-refractivity contribution < 1.29 is 17.9 Å². The minimum Gasteiger partial charge on any atom is -0.372 e. The van der Waals surface area contributed by atoms with Gasteiger partial charge in [0.1, 0.15) is 6.61 Å². The van der Waals surface area contributed by atoms with E-state index < -0.39 is 9.05 Å². The second kappa shape index (κ2) is 6.88. The number of carbonyl (C=O) groups is 1. The molecule has 0 fully saturated rings. The Balaban J connectivity index is 2.72. The van der Waals surface area contributed by atoms with Gasteiger partial charge in [0, 0.05) is 23.0 Å². The van der Waals surface area contributed by atoms with Gasteiger partial charge in [-0.3, -0.25) is 4.79 Å². The maximum absolute atomic E-state index is 11.5. The second-order valence-electron chi connectivity index (χ2n) is 4.02. The normalized spacial score (nSPS) is 11.3. The zero-order valence-corrected chi connectivity index (χ0v) is 12.3. The van der Waals surface area contributed by atoms with Crippen LogP contribution in [0.15, 0.2) is 23.1 Å². The summed E-state index contributed by atoms with van der Waals surface area (Å²) in [5.74, 6) is -0.283. The van der Waals surface area contributed by atoms with Crippen LogP contribution >= 0.6 is 10.7 Å². The van der Waals surface area contributed by atoms with E-state index in [9.17, 15) is 13.2 Å². The van der Waals surface area contributed by atoms with Crippen LogP contribution in [0, 0.1) is 6.92 Å². The largest absolute Gasteiger partial charge is 0.372 e. The van der Waals surface area contributed by atoms with Crippen molar-refractivity contribution in [3.8, 4) is 0 Å². The monoisotopic (exact) mass is 305 g/mol. The second-order valence-corrected chi connectivity index (χ2v) is 6.55. The highest BCUT2D eigenvalue weighted by molar-refractivity contribution is 8.13. The summed E-state index contributed by atoms with van der Waals surface area (Å²) in [6.07, 6.45) is 0.842. The number of aryl methyl sites for hydroxylation is 1. The average Bonchev–Trinajstić information content (AvgIpc) is 2.27. The fraction of sp³-hybridized carbons (Fsp3) is 0.417. The molecule has 0 aliphatic carbocycles. The Labute approximate surface area is 117 Å². The molecule has 0 bridgehead atoms. The molecule has 0 spiro atoms. The van der Waals surface area contributed by atoms with E-state index in [1.165, 1.54) is 12.1 Å². The zero-order valence-electron chi connectivity index (χ0n) is 10.8. The molecule has 7 heteroatoms. The van der Waals surface area contributed by atoms with Crippen LogP contribution < -0.4 is 5.32 Å². The molecule has 0 unspecified atom stereocenters. The minimum atomic E-state index is -3.76. The van der Waals surface area contributed by atoms with Gasteiger partial charge in [0.15, 0.2) is 0 Å². The van der Waals surface area contributed by atoms with Crippen molar-refractivity contribution in [2.75, 3.05) is 18.5 Å². The third kappa shape index (κ3) is 5.18. The fourth-order valence-electron chi connectivity index (χ4n) is 1.51. The van der Waals surface area contributed by atoms with E-state index in [1.807, 2.05) is 6.92 Å². The summed E-state index contributed by atoms with van der Waals surface area (Å²) in [5.41, 5.74) is 0.981. The summed E-state index contributed by atoms with van der Waals surface area (Å²) in [7, 11) is 1.51. The molecule has 1 aromatic rings. The minimum absolute atomic E-state index is 0.0254. The van der Waals surface area contributed by atoms with Gasteiger partial charge in [-0.25, -0.2) is 8.42 Å². The van der Waals surface area contributed by atoms with Crippen molar-refractivity contribution >= 4 is 31.3 Å². The van der Waals surface area contributed by atoms with Crippen LogP contribution in [-0.2, 0) is 18.6 Å². The first kappa shape index (κ1) is 15.9. The lowest BCUT2D eigenvalue weighted by Gasteiger charge is -2.08. The quantitative estimate of drug-likeness (QED) is 0.646. The van der Waals surface area contributed by atoms with Crippen molar-refractivity contribution in [3.05, 3.63) is 23.8 Å². The van der Waals surface area contributed by atoms with E-state index in [0.29, 0.717) is 17.9 Å². The van der Waals surface area contributed by atoms with Gasteiger partial charge < -0.3 is 10.1 Å². The molecule has 0 radical (unpaired) electrons. The Hall–Kier alpha value is -1.11. The third-order valence-electron chi connectivity index (χ3n) is 2.30. The summed E-state index contributed by atoms with van der Waals surface area (Å²) in [4.78, 5) is 11.5. The number of nitrogens with one attached hydrogen (secondary N) is 1. The highest BCUT2D eigenvalue weighted by atomic mass is 35.7. The van der Waals surface area contributed by atoms with E-state index in [2.05, 4.69) is 5.32 Å². The van der Waals surface area contributed by atoms with Gasteiger partial charge in [0.2, 0.25) is 5.91 Å². The third-order valence-corrected chi connectivity index (χ3v) is 3.79. The molecule has 0 aliphatic heterocycles. The van der Waals surface area contributed by atoms with Crippen LogP contribution in [0.2, 0.25) is 0 Å². The topological polar surface area (TPSA) is 72.5 Å². The van der Waals surface area contributed by atoms with Gasteiger partial charge in [-0.15, -0.1) is 0 Å². The standard InChI is InChI=1S/C12H16ClNO4S/c1-3-6-18-8-12(15)14-10-4-5-11(9(2)7-10)19(13,16)17/h4-5,7H,3,6,8H2,1-2H3,(H,14,15). The van der Waals surface area contributed by atoms with Crippen molar-refractivity contribution in [1.82, 2.24) is 0 Å². The number of hydrogen-bond donors (Lipinski definition) is 1. The lowest BCUT2D eigenvalue weighted by Crippen LogP contribution is -2.18. The van der Waals surface area contributed by atoms with Gasteiger partial charge in [0.05, 0.1) is 4.90 Å². The molecule has 19 heavy (non-hydrogen) atoms. The van der Waals surface area contributed by atoms with Crippen molar-refractivity contribution in [2.45, 2.75) is 25.2 Å². The van der Waals surface area contributed by atoms with Crippen molar-refractivity contribution in [3.63, 3.8) is 0 Å². The average molecular weight is 306 g/mol. The lowest BCUT2D eigenvalue weighted by atomic mass is 10.2. The number of amides is 1. The molecule has 5 nitrogen and oxygen atoms in total. The zero-order chi connectivity index (χ0) is 14.5. The number of rotatable bonds is 6. The lowest BCUT2D eigenvalue weighted by molar-refractivity contribution is -0.120. The van der Waals surface area contributed by atoms with E-state index >= 15 is 0 Å². The molecule has 1 N–H and O–H groups in total. The van der Waals surface area contributed by atoms with Crippen LogP contribution in [0.1, 0.15) is 18.9 Å². The van der Waals surface area contributed by atoms with Crippen LogP contribution in [0.4, 0.5) is 5.69 Å². The first-order chi connectivity index (χ1) is 8.84. The van der Waals surface area contributed by atoms with Gasteiger partial charge in [0.25, 0.3) is 9.05 Å². The van der Waals surface area contributed by atoms with Crippen LogP contribution in [0.3, 0.4) is 0 Å². The summed E-state index contributed by atoms with van der Waals surface area (Å²) >= 11 is 0. The summed E-state index contributed by atoms with van der Waals surface area (Å²) < 4.78 is 27.5. The number of halogens is 1. The summed E-state index contributed by atoms with van der Waals surface area (Å²) in [6.45, 7) is 4.06. The molecule has 0 saturated heterocycles. The summed E-state index contributed by atoms with van der Waals surface area (Å²) in [6, 6.07) is 4.40. The number of carbonyl (C=O) groups excluding carboxylic acids is 1. The van der Waals surface area contributed by atoms with E-state index in [0.717, 1.165) is 6.42 Å². The maximum Gasteiger partial charge on any atom is 0.261 e. The Bertz CT molecular complexity index is 557. The Morgan fingerprint density at radius 2 is 2.11 bits per heavy atom. The number of benzene rings is 1. The highest BCUT2D eigenvalue weighted by Crippen LogP contribution is 2.22. The smallest absolute Gasteiger partial charge is 0.261 e. The van der Waals surface area contributed by atoms with Gasteiger partial charge in [-0.1, -0.05) is 6.92 Å². The maximum atomic E-state index is 11.5. The van der Waals surface area contributed by atoms with Gasteiger partial charge in [-0.05, 0) is 37.1 Å². The Morgan fingerprint density at radius 3 is 2.63 bits per heavy atom. The predicted molar refractivity (Wildman–Crippen MR) is 74.0 cm³/mol. The predicted octanol–water partition coefficient (Wildman–Crippen LogP) is 2.29. The fourth-order valence-corrected chi connectivity index (χ4v) is 2.70. The number of anilines is 1. The SMILES string of the molecule is CCCOCC(=O)Nc1ccc(S(=O)(=O)Cl)c(C)c1. The Morgan fingerprint density at radius 1 is 1.42 bits per heavy atom. The molecule has 0 heterocycles. The molecule has 106 valence electrons. The van der Waals surface area contributed by atoms with Crippen LogP contribution in [0.25, 0.3) is 0 Å². The molecule has 0 atom stereocenters. The van der Waals surface area contributed by atoms with E-state index in [1.54, 1.807) is 13.0 Å². The summed E-state index contributed by atoms with van der Waals surface area (Å²) in [5, 5.41) is 2.62. The van der Waals surface area contributed by atoms with E-state index in [4.69, 9.17) is 15.4 Å². The number of ether oxygens (including phenoxy) is 1. The first-order valence-corrected chi connectivity index (χ1v) is 8.08. The molecular formula is C12H16ClNO4S. The molecule has 0 saturated carbocycles. The van der Waals surface area contributed by atoms with Crippen LogP contribution in [-0.4, -0.2) is 27.5 Å². The van der Waals surface area contributed by atoms with Crippen molar-refractivity contribution in [1.29, 1.82) is 0 Å². The molecule has 1 amide bonds. The van der Waals surface area contributed by atoms with Crippen LogP contribution in [0.5, 0.6) is 0 Å². The molecular weight excluding hydrogens is 290 g/mol. The molecule has 1 rings (SSSR count). The van der Waals surface area contributed by atoms with E-state index in [-0.39, 0.29) is 17.4 Å². The molecule has 1 aromatic carbocycles. The Kier molecular flexibility index (Phi) is 5.78. The molecule has 0 aliphatic rings.